The molecule has 0 saturated carbocycles. The van der Waals surface area contributed by atoms with Crippen LogP contribution in [0.15, 0.2) is 24.0 Å². The summed E-state index contributed by atoms with van der Waals surface area (Å²) in [5.41, 5.74) is 6.27. The Morgan fingerprint density at radius 3 is 2.62 bits per heavy atom. The molecule has 5 heteroatoms. The third kappa shape index (κ3) is 1.86. The smallest absolute Gasteiger partial charge is 0.266 e. The van der Waals surface area contributed by atoms with Crippen molar-refractivity contribution < 1.29 is 4.92 Å². The van der Waals surface area contributed by atoms with Crippen LogP contribution in [0.4, 0.5) is 0 Å². The predicted octanol–water partition coefficient (Wildman–Crippen LogP) is 0.324. The molecule has 0 aromatic heterocycles. The molecule has 1 rings (SSSR count). The van der Waals surface area contributed by atoms with Crippen molar-refractivity contribution in [2.75, 3.05) is 13.1 Å². The first-order valence-electron chi connectivity index (χ1n) is 4.04. The zero-order valence-electron chi connectivity index (χ0n) is 7.56. The van der Waals surface area contributed by atoms with Crippen LogP contribution >= 0.6 is 0 Å². The highest BCUT2D eigenvalue weighted by Gasteiger charge is 2.27. The minimum Gasteiger partial charge on any atom is -0.363 e. The van der Waals surface area contributed by atoms with E-state index in [1.54, 1.807) is 0 Å². The van der Waals surface area contributed by atoms with Crippen molar-refractivity contribution in [3.05, 3.63) is 34.2 Å². The molecule has 0 aliphatic carbocycles. The summed E-state index contributed by atoms with van der Waals surface area (Å²) in [6, 6.07) is 0.134. The molecule has 0 radical (unpaired) electrons. The zero-order valence-corrected chi connectivity index (χ0v) is 7.56. The van der Waals surface area contributed by atoms with Crippen LogP contribution < -0.4 is 5.73 Å². The largest absolute Gasteiger partial charge is 0.363 e. The molecule has 0 unspecified atom stereocenters. The molecule has 5 nitrogen and oxygen atoms in total. The molecule has 2 N–H and O–H groups in total. The van der Waals surface area contributed by atoms with E-state index in [0.717, 1.165) is 0 Å². The van der Waals surface area contributed by atoms with E-state index in [9.17, 15) is 10.1 Å². The number of hydrogen-bond donors (Lipinski definition) is 1. The van der Waals surface area contributed by atoms with Gasteiger partial charge >= 0.3 is 0 Å². The van der Waals surface area contributed by atoms with Crippen molar-refractivity contribution in [2.45, 2.75) is 13.0 Å². The first kappa shape index (κ1) is 9.73. The summed E-state index contributed by atoms with van der Waals surface area (Å²) in [5, 5.41) is 10.5. The SMILES string of the molecule is C=C/C(=C(\C)[N+](=O)[O-])N1CC(N)C1. The molecule has 1 heterocycles. The van der Waals surface area contributed by atoms with Crippen molar-refractivity contribution >= 4 is 0 Å². The Balaban J connectivity index is 2.78. The molecule has 0 aromatic rings. The van der Waals surface area contributed by atoms with Gasteiger partial charge in [0.15, 0.2) is 0 Å². The van der Waals surface area contributed by atoms with Crippen LogP contribution in [-0.4, -0.2) is 29.0 Å². The lowest BCUT2D eigenvalue weighted by atomic mass is 10.1. The van der Waals surface area contributed by atoms with E-state index in [2.05, 4.69) is 6.58 Å². The van der Waals surface area contributed by atoms with E-state index in [1.807, 2.05) is 4.90 Å². The summed E-state index contributed by atoms with van der Waals surface area (Å²) < 4.78 is 0. The van der Waals surface area contributed by atoms with Crippen molar-refractivity contribution in [1.29, 1.82) is 0 Å². The van der Waals surface area contributed by atoms with Gasteiger partial charge in [0.2, 0.25) is 0 Å². The first-order chi connectivity index (χ1) is 6.06. The van der Waals surface area contributed by atoms with Gasteiger partial charge in [0.05, 0.1) is 4.92 Å². The van der Waals surface area contributed by atoms with E-state index in [-0.39, 0.29) is 11.7 Å². The first-order valence-corrected chi connectivity index (χ1v) is 4.04. The second kappa shape index (κ2) is 3.57. The fourth-order valence-electron chi connectivity index (χ4n) is 1.31. The second-order valence-corrected chi connectivity index (χ2v) is 3.10. The maximum Gasteiger partial charge on any atom is 0.266 e. The highest BCUT2D eigenvalue weighted by Crippen LogP contribution is 2.18. The van der Waals surface area contributed by atoms with Crippen LogP contribution in [0.3, 0.4) is 0 Å². The van der Waals surface area contributed by atoms with E-state index in [4.69, 9.17) is 5.73 Å². The standard InChI is InChI=1S/C8H13N3O2/c1-3-8(6(2)11(12)13)10-4-7(9)5-10/h3,7H,1,4-5,9H2,2H3/b8-6-. The van der Waals surface area contributed by atoms with Gasteiger partial charge in [0, 0.05) is 26.1 Å². The highest BCUT2D eigenvalue weighted by molar-refractivity contribution is 5.20. The van der Waals surface area contributed by atoms with E-state index in [0.29, 0.717) is 18.8 Å². The monoisotopic (exact) mass is 183 g/mol. The quantitative estimate of drug-likeness (QED) is 0.388. The average Bonchev–Trinajstić information content (AvgIpc) is 2.02. The molecule has 0 bridgehead atoms. The van der Waals surface area contributed by atoms with Gasteiger partial charge in [-0.3, -0.25) is 10.1 Å². The molecule has 0 amide bonds. The number of rotatable bonds is 3. The Kier molecular flexibility index (Phi) is 2.67. The second-order valence-electron chi connectivity index (χ2n) is 3.10. The number of nitrogens with zero attached hydrogens (tertiary/aromatic N) is 2. The fourth-order valence-corrected chi connectivity index (χ4v) is 1.31. The number of likely N-dealkylation sites (tertiary alicyclic amines) is 1. The maximum absolute atomic E-state index is 10.5. The maximum atomic E-state index is 10.5. The summed E-state index contributed by atoms with van der Waals surface area (Å²) in [6.45, 7) is 6.37. The molecular weight excluding hydrogens is 170 g/mol. The van der Waals surface area contributed by atoms with E-state index in [1.165, 1.54) is 13.0 Å². The van der Waals surface area contributed by atoms with Crippen LogP contribution in [0.25, 0.3) is 0 Å². The van der Waals surface area contributed by atoms with E-state index < -0.39 is 4.92 Å². The summed E-state index contributed by atoms with van der Waals surface area (Å²) in [7, 11) is 0. The van der Waals surface area contributed by atoms with Gasteiger partial charge < -0.3 is 10.6 Å². The lowest BCUT2D eigenvalue weighted by Gasteiger charge is -2.38. The summed E-state index contributed by atoms with van der Waals surface area (Å²) in [6.07, 6.45) is 1.50. The van der Waals surface area contributed by atoms with Crippen LogP contribution in [0.2, 0.25) is 0 Å². The van der Waals surface area contributed by atoms with Gasteiger partial charge in [0.1, 0.15) is 5.70 Å². The minimum atomic E-state index is -0.402. The number of hydrogen-bond acceptors (Lipinski definition) is 4. The van der Waals surface area contributed by atoms with Crippen LogP contribution in [0.1, 0.15) is 6.92 Å². The molecule has 13 heavy (non-hydrogen) atoms. The van der Waals surface area contributed by atoms with Gasteiger partial charge in [-0.25, -0.2) is 0 Å². The van der Waals surface area contributed by atoms with Crippen molar-refractivity contribution in [3.63, 3.8) is 0 Å². The summed E-state index contributed by atoms with van der Waals surface area (Å²) in [4.78, 5) is 11.9. The molecule has 1 fully saturated rings. The Morgan fingerprint density at radius 2 is 2.31 bits per heavy atom. The molecule has 72 valence electrons. The normalized spacial score (nSPS) is 19.1. The number of nitrogens with two attached hydrogens (primary N) is 1. The lowest BCUT2D eigenvalue weighted by Crippen LogP contribution is -2.54. The highest BCUT2D eigenvalue weighted by atomic mass is 16.6. The molecular formula is C8H13N3O2. The lowest BCUT2D eigenvalue weighted by molar-refractivity contribution is -0.426. The molecule has 1 aliphatic heterocycles. The van der Waals surface area contributed by atoms with Crippen LogP contribution in [0.5, 0.6) is 0 Å². The number of allylic oxidation sites excluding steroid dienone is 2. The Morgan fingerprint density at radius 1 is 1.77 bits per heavy atom. The Bertz CT molecular complexity index is 267. The van der Waals surface area contributed by atoms with Crippen molar-refractivity contribution in [2.24, 2.45) is 5.73 Å². The molecule has 1 saturated heterocycles. The van der Waals surface area contributed by atoms with Gasteiger partial charge in [-0.15, -0.1) is 0 Å². The predicted molar refractivity (Wildman–Crippen MR) is 49.4 cm³/mol. The van der Waals surface area contributed by atoms with Gasteiger partial charge in [0.25, 0.3) is 5.70 Å². The van der Waals surface area contributed by atoms with Crippen LogP contribution in [0, 0.1) is 10.1 Å². The molecule has 1 aliphatic rings. The average molecular weight is 183 g/mol. The molecule has 0 spiro atoms. The van der Waals surface area contributed by atoms with Crippen molar-refractivity contribution in [1.82, 2.24) is 4.90 Å². The topological polar surface area (TPSA) is 72.4 Å². The van der Waals surface area contributed by atoms with Gasteiger partial charge in [-0.2, -0.15) is 0 Å². The Hall–Kier alpha value is -1.36. The summed E-state index contributed by atoms with van der Waals surface area (Å²) >= 11 is 0. The zero-order chi connectivity index (χ0) is 10.0. The minimum absolute atomic E-state index is 0.127. The van der Waals surface area contributed by atoms with Crippen molar-refractivity contribution in [3.8, 4) is 0 Å². The number of nitro groups is 1. The fraction of sp³-hybridized carbons (Fsp3) is 0.500. The van der Waals surface area contributed by atoms with Gasteiger partial charge in [-0.05, 0) is 6.08 Å². The van der Waals surface area contributed by atoms with Gasteiger partial charge in [-0.1, -0.05) is 6.58 Å². The molecule has 0 aromatic carbocycles. The summed E-state index contributed by atoms with van der Waals surface area (Å²) in [5.74, 6) is 0. The third-order valence-electron chi connectivity index (χ3n) is 2.09. The van der Waals surface area contributed by atoms with E-state index >= 15 is 0 Å². The van der Waals surface area contributed by atoms with Crippen LogP contribution in [-0.2, 0) is 0 Å². The molecule has 0 atom stereocenters. The Labute approximate surface area is 76.7 Å². The third-order valence-corrected chi connectivity index (χ3v) is 2.09.